The van der Waals surface area contributed by atoms with E-state index >= 15 is 0 Å². The molecule has 0 saturated carbocycles. The van der Waals surface area contributed by atoms with Gasteiger partial charge in [-0.25, -0.2) is 0 Å². The molecule has 4 N–H and O–H groups in total. The number of nitrogens with two attached hydrogens (primary N) is 2. The fourth-order valence-electron chi connectivity index (χ4n) is 3.29. The minimum Gasteiger partial charge on any atom is -0.368 e. The largest absolute Gasteiger partial charge is 0.368 e. The smallest absolute Gasteiger partial charge is 0.225 e. The van der Waals surface area contributed by atoms with Crippen molar-refractivity contribution < 1.29 is 0 Å². The Hall–Kier alpha value is -3.46. The van der Waals surface area contributed by atoms with Gasteiger partial charge >= 0.3 is 0 Å². The van der Waals surface area contributed by atoms with E-state index in [1.165, 1.54) is 17.3 Å². The maximum absolute atomic E-state index is 5.70. The van der Waals surface area contributed by atoms with Gasteiger partial charge in [-0.3, -0.25) is 4.57 Å². The first-order valence-corrected chi connectivity index (χ1v) is 11.2. The predicted octanol–water partition coefficient (Wildman–Crippen LogP) is 3.93. The number of anilines is 2. The first-order valence-electron chi connectivity index (χ1n) is 10.3. The highest BCUT2D eigenvalue weighted by atomic mass is 32.2. The third-order valence-electron chi connectivity index (χ3n) is 4.96. The van der Waals surface area contributed by atoms with E-state index in [9.17, 15) is 0 Å². The summed E-state index contributed by atoms with van der Waals surface area (Å²) >= 11 is 1.49. The SMILES string of the molecule is CC(C)(C)c1ccc(-c2nnc(SCc3nc(N)nc(N)n3)n2Cc2ccccc2)cc1. The van der Waals surface area contributed by atoms with E-state index in [2.05, 4.69) is 86.9 Å². The lowest BCUT2D eigenvalue weighted by atomic mass is 9.87. The molecule has 32 heavy (non-hydrogen) atoms. The lowest BCUT2D eigenvalue weighted by Gasteiger charge is -2.19. The van der Waals surface area contributed by atoms with Crippen LogP contribution in [0, 0.1) is 0 Å². The zero-order chi connectivity index (χ0) is 22.7. The lowest BCUT2D eigenvalue weighted by Crippen LogP contribution is -2.10. The summed E-state index contributed by atoms with van der Waals surface area (Å²) in [5, 5.41) is 9.74. The Morgan fingerprint density at radius 1 is 0.844 bits per heavy atom. The molecular formula is C23H26N8S. The van der Waals surface area contributed by atoms with Crippen LogP contribution in [0.1, 0.15) is 37.7 Å². The Labute approximate surface area is 191 Å². The van der Waals surface area contributed by atoms with E-state index in [1.807, 2.05) is 18.2 Å². The van der Waals surface area contributed by atoms with E-state index in [4.69, 9.17) is 11.5 Å². The summed E-state index contributed by atoms with van der Waals surface area (Å²) in [6, 6.07) is 18.8. The summed E-state index contributed by atoms with van der Waals surface area (Å²) in [6.07, 6.45) is 0. The fourth-order valence-corrected chi connectivity index (χ4v) is 4.08. The molecule has 0 radical (unpaired) electrons. The van der Waals surface area contributed by atoms with Crippen LogP contribution in [0.25, 0.3) is 11.4 Å². The highest BCUT2D eigenvalue weighted by Gasteiger charge is 2.18. The molecule has 2 heterocycles. The lowest BCUT2D eigenvalue weighted by molar-refractivity contribution is 0.590. The van der Waals surface area contributed by atoms with Crippen molar-refractivity contribution in [3.05, 3.63) is 71.5 Å². The van der Waals surface area contributed by atoms with Gasteiger partial charge in [-0.15, -0.1) is 10.2 Å². The Bertz CT molecular complexity index is 1180. The van der Waals surface area contributed by atoms with Gasteiger partial charge in [0.05, 0.1) is 12.3 Å². The topological polar surface area (TPSA) is 121 Å². The van der Waals surface area contributed by atoms with Gasteiger partial charge in [0.15, 0.2) is 11.0 Å². The van der Waals surface area contributed by atoms with Gasteiger partial charge < -0.3 is 11.5 Å². The van der Waals surface area contributed by atoms with Crippen LogP contribution in [0.5, 0.6) is 0 Å². The van der Waals surface area contributed by atoms with Crippen LogP contribution in [0.3, 0.4) is 0 Å². The molecule has 0 spiro atoms. The van der Waals surface area contributed by atoms with Crippen molar-refractivity contribution in [1.29, 1.82) is 0 Å². The van der Waals surface area contributed by atoms with E-state index in [0.717, 1.165) is 22.1 Å². The average molecular weight is 447 g/mol. The predicted molar refractivity (Wildman–Crippen MR) is 128 cm³/mol. The number of benzene rings is 2. The zero-order valence-electron chi connectivity index (χ0n) is 18.4. The Kier molecular flexibility index (Phi) is 6.09. The molecule has 0 aliphatic rings. The minimum atomic E-state index is 0.0888. The van der Waals surface area contributed by atoms with E-state index in [0.29, 0.717) is 18.1 Å². The highest BCUT2D eigenvalue weighted by molar-refractivity contribution is 7.98. The van der Waals surface area contributed by atoms with Crippen LogP contribution in [-0.4, -0.2) is 29.7 Å². The number of nitrogens with zero attached hydrogens (tertiary/aromatic N) is 6. The Balaban J connectivity index is 1.66. The molecule has 4 rings (SSSR count). The standard InChI is InChI=1S/C23H26N8S/c1-23(2,3)17-11-9-16(10-12-17)19-29-30-22(31(19)13-15-7-5-4-6-8-15)32-14-18-26-20(24)28-21(25)27-18/h4-12H,13-14H2,1-3H3,(H4,24,25,26,27,28). The third-order valence-corrected chi connectivity index (χ3v) is 5.92. The van der Waals surface area contributed by atoms with Crippen molar-refractivity contribution in [1.82, 2.24) is 29.7 Å². The fraction of sp³-hybridized carbons (Fsp3) is 0.261. The van der Waals surface area contributed by atoms with Crippen LogP contribution in [0.4, 0.5) is 11.9 Å². The van der Waals surface area contributed by atoms with Crippen LogP contribution in [0.15, 0.2) is 59.8 Å². The Morgan fingerprint density at radius 2 is 1.50 bits per heavy atom. The monoisotopic (exact) mass is 446 g/mol. The van der Waals surface area contributed by atoms with E-state index in [1.54, 1.807) is 0 Å². The van der Waals surface area contributed by atoms with Gasteiger partial charge in [0.25, 0.3) is 0 Å². The quantitative estimate of drug-likeness (QED) is 0.427. The van der Waals surface area contributed by atoms with E-state index in [-0.39, 0.29) is 17.3 Å². The van der Waals surface area contributed by atoms with E-state index < -0.39 is 0 Å². The summed E-state index contributed by atoms with van der Waals surface area (Å²) < 4.78 is 2.11. The molecule has 0 aliphatic carbocycles. The molecule has 0 aliphatic heterocycles. The average Bonchev–Trinajstić information content (AvgIpc) is 3.14. The van der Waals surface area contributed by atoms with Gasteiger partial charge in [-0.2, -0.15) is 15.0 Å². The number of aromatic nitrogens is 6. The summed E-state index contributed by atoms with van der Waals surface area (Å²) in [6.45, 7) is 7.26. The van der Waals surface area contributed by atoms with Gasteiger partial charge in [0, 0.05) is 5.56 Å². The van der Waals surface area contributed by atoms with Gasteiger partial charge in [-0.1, -0.05) is 87.1 Å². The molecule has 0 fully saturated rings. The summed E-state index contributed by atoms with van der Waals surface area (Å²) in [7, 11) is 0. The van der Waals surface area contributed by atoms with Crippen molar-refractivity contribution in [3.8, 4) is 11.4 Å². The third kappa shape index (κ3) is 5.05. The summed E-state index contributed by atoms with van der Waals surface area (Å²) in [5.41, 5.74) is 14.9. The zero-order valence-corrected chi connectivity index (χ0v) is 19.2. The van der Waals surface area contributed by atoms with Gasteiger partial charge in [0.2, 0.25) is 11.9 Å². The molecule has 0 saturated heterocycles. The van der Waals surface area contributed by atoms with Gasteiger partial charge in [0.1, 0.15) is 5.82 Å². The molecular weight excluding hydrogens is 420 g/mol. The maximum atomic E-state index is 5.70. The highest BCUT2D eigenvalue weighted by Crippen LogP contribution is 2.29. The molecule has 4 aromatic rings. The second-order valence-corrected chi connectivity index (χ2v) is 9.40. The van der Waals surface area contributed by atoms with Crippen molar-refractivity contribution in [2.45, 2.75) is 43.6 Å². The number of hydrogen-bond acceptors (Lipinski definition) is 8. The molecule has 0 unspecified atom stereocenters. The van der Waals surface area contributed by atoms with Gasteiger partial charge in [-0.05, 0) is 16.5 Å². The van der Waals surface area contributed by atoms with Crippen LogP contribution >= 0.6 is 11.8 Å². The maximum Gasteiger partial charge on any atom is 0.225 e. The van der Waals surface area contributed by atoms with Crippen LogP contribution < -0.4 is 11.5 Å². The first kappa shape index (κ1) is 21.8. The first-order chi connectivity index (χ1) is 15.3. The number of rotatable bonds is 6. The molecule has 0 bridgehead atoms. The number of thioether (sulfide) groups is 1. The normalized spacial score (nSPS) is 11.6. The molecule has 0 atom stereocenters. The second kappa shape index (κ2) is 8.96. The molecule has 2 aromatic heterocycles. The summed E-state index contributed by atoms with van der Waals surface area (Å²) in [5.74, 6) is 1.99. The molecule has 2 aromatic carbocycles. The Morgan fingerprint density at radius 3 is 2.12 bits per heavy atom. The van der Waals surface area contributed by atoms with Crippen LogP contribution in [-0.2, 0) is 17.7 Å². The van der Waals surface area contributed by atoms with Crippen molar-refractivity contribution in [2.24, 2.45) is 0 Å². The molecule has 164 valence electrons. The molecule has 8 nitrogen and oxygen atoms in total. The van der Waals surface area contributed by atoms with Crippen molar-refractivity contribution in [3.63, 3.8) is 0 Å². The van der Waals surface area contributed by atoms with Crippen molar-refractivity contribution in [2.75, 3.05) is 11.5 Å². The number of nitrogen functional groups attached to an aromatic ring is 2. The van der Waals surface area contributed by atoms with Crippen molar-refractivity contribution >= 4 is 23.7 Å². The second-order valence-electron chi connectivity index (χ2n) is 8.46. The summed E-state index contributed by atoms with van der Waals surface area (Å²) in [4.78, 5) is 12.1. The molecule has 9 heteroatoms. The number of hydrogen-bond donors (Lipinski definition) is 2. The minimum absolute atomic E-state index is 0.0888. The van der Waals surface area contributed by atoms with Crippen LogP contribution in [0.2, 0.25) is 0 Å². The molecule has 0 amide bonds.